The summed E-state index contributed by atoms with van der Waals surface area (Å²) in [4.78, 5) is 12.1. The van der Waals surface area contributed by atoms with Crippen molar-refractivity contribution in [2.24, 2.45) is 11.7 Å². The van der Waals surface area contributed by atoms with Gasteiger partial charge in [-0.3, -0.25) is 4.79 Å². The summed E-state index contributed by atoms with van der Waals surface area (Å²) in [6.07, 6.45) is 3.47. The lowest BCUT2D eigenvalue weighted by molar-refractivity contribution is -0.123. The predicted octanol–water partition coefficient (Wildman–Crippen LogP) is 1.79. The molecule has 0 aromatic carbocycles. The first kappa shape index (κ1) is 16.4. The highest BCUT2D eigenvalue weighted by atomic mass is 16.1. The highest BCUT2D eigenvalue weighted by Gasteiger charge is 2.38. The number of nitrogens with two attached hydrogens (primary N) is 1. The molecule has 1 saturated heterocycles. The Morgan fingerprint density at radius 2 is 1.84 bits per heavy atom. The van der Waals surface area contributed by atoms with Crippen LogP contribution in [0.3, 0.4) is 0 Å². The molecule has 4 nitrogen and oxygen atoms in total. The van der Waals surface area contributed by atoms with Crippen LogP contribution < -0.4 is 16.4 Å². The molecule has 1 heterocycles. The van der Waals surface area contributed by atoms with E-state index in [2.05, 4.69) is 45.3 Å². The second-order valence-corrected chi connectivity index (χ2v) is 7.28. The highest BCUT2D eigenvalue weighted by molar-refractivity contribution is 5.76. The lowest BCUT2D eigenvalue weighted by atomic mass is 9.79. The van der Waals surface area contributed by atoms with Crippen LogP contribution in [-0.4, -0.2) is 29.6 Å². The molecule has 0 aromatic heterocycles. The van der Waals surface area contributed by atoms with Crippen LogP contribution in [0.25, 0.3) is 0 Å². The summed E-state index contributed by atoms with van der Waals surface area (Å²) < 4.78 is 0. The summed E-state index contributed by atoms with van der Waals surface area (Å²) in [5.41, 5.74) is 5.80. The average molecular weight is 269 g/mol. The minimum atomic E-state index is 0.0672. The van der Waals surface area contributed by atoms with Crippen molar-refractivity contribution in [2.75, 3.05) is 6.54 Å². The molecule has 4 heteroatoms. The number of carbonyl (C=O) groups is 1. The Morgan fingerprint density at radius 1 is 1.32 bits per heavy atom. The van der Waals surface area contributed by atoms with E-state index in [1.807, 2.05) is 0 Å². The van der Waals surface area contributed by atoms with Gasteiger partial charge in [-0.25, -0.2) is 0 Å². The molecule has 1 atom stereocenters. The zero-order chi connectivity index (χ0) is 14.7. The molecule has 0 aromatic rings. The summed E-state index contributed by atoms with van der Waals surface area (Å²) in [5.74, 6) is 0.457. The SMILES string of the molecule is CCC(CN)CC(=O)NC1CC(C)(C)NC(C)(C)C1. The summed E-state index contributed by atoms with van der Waals surface area (Å²) in [6.45, 7) is 11.5. The van der Waals surface area contributed by atoms with Gasteiger partial charge in [-0.05, 0) is 53.0 Å². The standard InChI is InChI=1S/C15H31N3O/c1-6-11(10-16)7-13(19)17-12-8-14(2,3)18-15(4,5)9-12/h11-12,18H,6-10,16H2,1-5H3,(H,17,19). The van der Waals surface area contributed by atoms with Crippen molar-refractivity contribution in [3.63, 3.8) is 0 Å². The van der Waals surface area contributed by atoms with Gasteiger partial charge in [0, 0.05) is 23.5 Å². The molecule has 1 fully saturated rings. The van der Waals surface area contributed by atoms with Crippen molar-refractivity contribution < 1.29 is 4.79 Å². The van der Waals surface area contributed by atoms with E-state index in [4.69, 9.17) is 5.73 Å². The van der Waals surface area contributed by atoms with Crippen molar-refractivity contribution >= 4 is 5.91 Å². The summed E-state index contributed by atoms with van der Waals surface area (Å²) >= 11 is 0. The van der Waals surface area contributed by atoms with Gasteiger partial charge in [-0.15, -0.1) is 0 Å². The zero-order valence-corrected chi connectivity index (χ0v) is 13.2. The molecule has 0 spiro atoms. The van der Waals surface area contributed by atoms with E-state index >= 15 is 0 Å². The number of nitrogens with one attached hydrogen (secondary N) is 2. The second-order valence-electron chi connectivity index (χ2n) is 7.28. The molecule has 4 N–H and O–H groups in total. The van der Waals surface area contributed by atoms with Crippen LogP contribution in [0.1, 0.15) is 60.3 Å². The second kappa shape index (κ2) is 6.23. The average Bonchev–Trinajstić information content (AvgIpc) is 2.21. The van der Waals surface area contributed by atoms with Gasteiger partial charge in [0.25, 0.3) is 0 Å². The van der Waals surface area contributed by atoms with Gasteiger partial charge in [0.15, 0.2) is 0 Å². The van der Waals surface area contributed by atoms with Gasteiger partial charge >= 0.3 is 0 Å². The topological polar surface area (TPSA) is 67.2 Å². The normalized spacial score (nSPS) is 23.9. The summed E-state index contributed by atoms with van der Waals surface area (Å²) in [5, 5.41) is 6.82. The van der Waals surface area contributed by atoms with Gasteiger partial charge in [0.05, 0.1) is 0 Å². The molecule has 19 heavy (non-hydrogen) atoms. The third kappa shape index (κ3) is 5.49. The number of amides is 1. The first-order valence-electron chi connectivity index (χ1n) is 7.46. The van der Waals surface area contributed by atoms with Crippen molar-refractivity contribution in [1.82, 2.24) is 10.6 Å². The molecule has 1 amide bonds. The van der Waals surface area contributed by atoms with Crippen molar-refractivity contribution in [3.8, 4) is 0 Å². The van der Waals surface area contributed by atoms with Crippen molar-refractivity contribution in [1.29, 1.82) is 0 Å². The lowest BCUT2D eigenvalue weighted by Crippen LogP contribution is -2.62. The highest BCUT2D eigenvalue weighted by Crippen LogP contribution is 2.28. The van der Waals surface area contributed by atoms with Crippen molar-refractivity contribution in [2.45, 2.75) is 77.4 Å². The Kier molecular flexibility index (Phi) is 5.39. The number of hydrogen-bond acceptors (Lipinski definition) is 3. The molecule has 0 bridgehead atoms. The van der Waals surface area contributed by atoms with E-state index in [1.165, 1.54) is 0 Å². The van der Waals surface area contributed by atoms with E-state index in [0.717, 1.165) is 19.3 Å². The van der Waals surface area contributed by atoms with Gasteiger partial charge in [-0.2, -0.15) is 0 Å². The van der Waals surface area contributed by atoms with E-state index in [0.29, 0.717) is 18.9 Å². The maximum Gasteiger partial charge on any atom is 0.220 e. The van der Waals surface area contributed by atoms with Crippen LogP contribution in [0.5, 0.6) is 0 Å². The van der Waals surface area contributed by atoms with E-state index in [-0.39, 0.29) is 23.0 Å². The summed E-state index contributed by atoms with van der Waals surface area (Å²) in [6, 6.07) is 0.258. The molecule has 112 valence electrons. The Hall–Kier alpha value is -0.610. The Morgan fingerprint density at radius 3 is 2.26 bits per heavy atom. The number of rotatable bonds is 5. The fraction of sp³-hybridized carbons (Fsp3) is 0.933. The Labute approximate surface area is 117 Å². The summed E-state index contributed by atoms with van der Waals surface area (Å²) in [7, 11) is 0. The quantitative estimate of drug-likeness (QED) is 0.713. The smallest absolute Gasteiger partial charge is 0.220 e. The minimum absolute atomic E-state index is 0.0672. The zero-order valence-electron chi connectivity index (χ0n) is 13.2. The number of piperidine rings is 1. The maximum absolute atomic E-state index is 12.1. The maximum atomic E-state index is 12.1. The number of hydrogen-bond donors (Lipinski definition) is 3. The molecule has 1 aliphatic heterocycles. The van der Waals surface area contributed by atoms with Gasteiger partial charge in [-0.1, -0.05) is 13.3 Å². The van der Waals surface area contributed by atoms with Crippen molar-refractivity contribution in [3.05, 3.63) is 0 Å². The van der Waals surface area contributed by atoms with E-state index in [1.54, 1.807) is 0 Å². The first-order chi connectivity index (χ1) is 8.67. The largest absolute Gasteiger partial charge is 0.353 e. The van der Waals surface area contributed by atoms with Crippen LogP contribution in [-0.2, 0) is 4.79 Å². The van der Waals surface area contributed by atoms with Gasteiger partial charge in [0.1, 0.15) is 0 Å². The van der Waals surface area contributed by atoms with Crippen LogP contribution >= 0.6 is 0 Å². The van der Waals surface area contributed by atoms with Crippen LogP contribution in [0.4, 0.5) is 0 Å². The molecule has 0 radical (unpaired) electrons. The first-order valence-corrected chi connectivity index (χ1v) is 7.46. The number of carbonyl (C=O) groups excluding carboxylic acids is 1. The van der Waals surface area contributed by atoms with Gasteiger partial charge in [0.2, 0.25) is 5.91 Å². The van der Waals surface area contributed by atoms with Gasteiger partial charge < -0.3 is 16.4 Å². The molecule has 1 rings (SSSR count). The van der Waals surface area contributed by atoms with Crippen LogP contribution in [0.15, 0.2) is 0 Å². The van der Waals surface area contributed by atoms with Crippen LogP contribution in [0, 0.1) is 5.92 Å². The monoisotopic (exact) mass is 269 g/mol. The third-order valence-electron chi connectivity index (χ3n) is 3.94. The Bertz CT molecular complexity index is 293. The molecule has 1 unspecified atom stereocenters. The van der Waals surface area contributed by atoms with E-state index in [9.17, 15) is 4.79 Å². The Balaban J connectivity index is 2.54. The molecule has 1 aliphatic rings. The fourth-order valence-electron chi connectivity index (χ4n) is 3.37. The van der Waals surface area contributed by atoms with E-state index < -0.39 is 0 Å². The third-order valence-corrected chi connectivity index (χ3v) is 3.94. The molecular weight excluding hydrogens is 238 g/mol. The molecule has 0 saturated carbocycles. The predicted molar refractivity (Wildman–Crippen MR) is 79.9 cm³/mol. The fourth-order valence-corrected chi connectivity index (χ4v) is 3.37. The molecule has 0 aliphatic carbocycles. The minimum Gasteiger partial charge on any atom is -0.353 e. The van der Waals surface area contributed by atoms with Crippen LogP contribution in [0.2, 0.25) is 0 Å². The molecular formula is C15H31N3O. The lowest BCUT2D eigenvalue weighted by Gasteiger charge is -2.46.